The minimum atomic E-state index is 1.11. The first-order chi connectivity index (χ1) is 8.36. The van der Waals surface area contributed by atoms with E-state index in [1.165, 1.54) is 21.6 Å². The summed E-state index contributed by atoms with van der Waals surface area (Å²) in [6, 6.07) is 10.4. The Bertz CT molecular complexity index is 654. The van der Waals surface area contributed by atoms with E-state index in [1.807, 2.05) is 12.3 Å². The zero-order valence-corrected chi connectivity index (χ0v) is 9.98. The zero-order chi connectivity index (χ0) is 11.7. The van der Waals surface area contributed by atoms with E-state index in [9.17, 15) is 0 Å². The first-order valence-corrected chi connectivity index (χ1v) is 6.08. The molecule has 0 fully saturated rings. The summed E-state index contributed by atoms with van der Waals surface area (Å²) in [4.78, 5) is 4.61. The highest BCUT2D eigenvalue weighted by Crippen LogP contribution is 2.17. The van der Waals surface area contributed by atoms with Crippen LogP contribution in [0.3, 0.4) is 0 Å². The number of nitrogens with zero attached hydrogens (tertiary/aromatic N) is 1. The van der Waals surface area contributed by atoms with Crippen LogP contribution in [0.5, 0.6) is 0 Å². The monoisotopic (exact) mass is 221 g/mol. The molecule has 1 aromatic heterocycles. The van der Waals surface area contributed by atoms with Gasteiger partial charge in [0.05, 0.1) is 5.69 Å². The highest BCUT2D eigenvalue weighted by molar-refractivity contribution is 5.63. The third kappa shape index (κ3) is 1.78. The van der Waals surface area contributed by atoms with Gasteiger partial charge in [-0.3, -0.25) is 4.98 Å². The average Bonchev–Trinajstić information content (AvgIpc) is 2.40. The molecule has 1 aromatic carbocycles. The molecule has 2 aromatic rings. The molecule has 17 heavy (non-hydrogen) atoms. The number of hydrogen-bond donors (Lipinski definition) is 0. The molecule has 1 aliphatic rings. The summed E-state index contributed by atoms with van der Waals surface area (Å²) in [5.74, 6) is 0. The summed E-state index contributed by atoms with van der Waals surface area (Å²) in [6.45, 7) is 2.17. The van der Waals surface area contributed by atoms with E-state index in [1.54, 1.807) is 0 Å². The Morgan fingerprint density at radius 2 is 1.76 bits per heavy atom. The SMILES string of the molecule is Cc1c(-c2ccccc2)ncc2c1=CCCC=2. The molecule has 0 N–H and O–H groups in total. The van der Waals surface area contributed by atoms with Crippen molar-refractivity contribution in [2.45, 2.75) is 19.8 Å². The van der Waals surface area contributed by atoms with Gasteiger partial charge < -0.3 is 0 Å². The van der Waals surface area contributed by atoms with Crippen LogP contribution < -0.4 is 10.4 Å². The summed E-state index contributed by atoms with van der Waals surface area (Å²) in [5, 5.41) is 2.65. The number of hydrogen-bond acceptors (Lipinski definition) is 1. The van der Waals surface area contributed by atoms with Crippen LogP contribution in [0.1, 0.15) is 18.4 Å². The fraction of sp³-hybridized carbons (Fsp3) is 0.188. The topological polar surface area (TPSA) is 12.9 Å². The van der Waals surface area contributed by atoms with Gasteiger partial charge in [-0.1, -0.05) is 42.5 Å². The van der Waals surface area contributed by atoms with Crippen molar-refractivity contribution < 1.29 is 0 Å². The standard InChI is InChI=1S/C16H15N/c1-12-15-10-6-5-9-14(15)11-17-16(12)13-7-3-2-4-8-13/h2-4,7-11H,5-6H2,1H3. The van der Waals surface area contributed by atoms with Crippen LogP contribution >= 0.6 is 0 Å². The predicted molar refractivity (Wildman–Crippen MR) is 71.8 cm³/mol. The van der Waals surface area contributed by atoms with Gasteiger partial charge in [0.25, 0.3) is 0 Å². The Kier molecular flexibility index (Phi) is 2.52. The number of fused-ring (bicyclic) bond motifs is 1. The lowest BCUT2D eigenvalue weighted by atomic mass is 10.0. The van der Waals surface area contributed by atoms with E-state index in [0.717, 1.165) is 18.5 Å². The van der Waals surface area contributed by atoms with E-state index in [4.69, 9.17) is 0 Å². The lowest BCUT2D eigenvalue weighted by molar-refractivity contribution is 1.09. The largest absolute Gasteiger partial charge is 0.255 e. The lowest BCUT2D eigenvalue weighted by Crippen LogP contribution is -2.30. The molecule has 0 saturated carbocycles. The van der Waals surface area contributed by atoms with Crippen molar-refractivity contribution in [1.29, 1.82) is 0 Å². The molecule has 0 aliphatic heterocycles. The van der Waals surface area contributed by atoms with Gasteiger partial charge in [-0.05, 0) is 35.8 Å². The van der Waals surface area contributed by atoms with Crippen LogP contribution in [-0.4, -0.2) is 4.98 Å². The number of rotatable bonds is 1. The van der Waals surface area contributed by atoms with Crippen molar-refractivity contribution in [2.24, 2.45) is 0 Å². The highest BCUT2D eigenvalue weighted by atomic mass is 14.7. The van der Waals surface area contributed by atoms with Crippen LogP contribution in [0.15, 0.2) is 36.5 Å². The molecule has 1 heteroatoms. The fourth-order valence-electron chi connectivity index (χ4n) is 2.43. The normalized spacial score (nSPS) is 13.5. The second-order valence-electron chi connectivity index (χ2n) is 4.45. The maximum absolute atomic E-state index is 4.61. The van der Waals surface area contributed by atoms with Crippen molar-refractivity contribution >= 4 is 12.2 Å². The van der Waals surface area contributed by atoms with Gasteiger partial charge in [-0.2, -0.15) is 0 Å². The molecule has 1 heterocycles. The number of benzene rings is 1. The molecule has 1 nitrogen and oxygen atoms in total. The van der Waals surface area contributed by atoms with Crippen LogP contribution in [-0.2, 0) is 0 Å². The van der Waals surface area contributed by atoms with Crippen LogP contribution in [0.4, 0.5) is 0 Å². The second-order valence-corrected chi connectivity index (χ2v) is 4.45. The van der Waals surface area contributed by atoms with E-state index in [2.05, 4.69) is 48.3 Å². The summed E-state index contributed by atoms with van der Waals surface area (Å²) in [7, 11) is 0. The molecule has 3 rings (SSSR count). The summed E-state index contributed by atoms with van der Waals surface area (Å²) in [6.07, 6.45) is 8.90. The summed E-state index contributed by atoms with van der Waals surface area (Å²) in [5.41, 5.74) is 3.60. The Hall–Kier alpha value is -1.89. The predicted octanol–water partition coefficient (Wildman–Crippen LogP) is 2.41. The van der Waals surface area contributed by atoms with E-state index < -0.39 is 0 Å². The molecule has 0 spiro atoms. The van der Waals surface area contributed by atoms with Crippen molar-refractivity contribution in [3.8, 4) is 11.3 Å². The molecule has 0 bridgehead atoms. The molecule has 1 aliphatic carbocycles. The van der Waals surface area contributed by atoms with Gasteiger partial charge >= 0.3 is 0 Å². The maximum atomic E-state index is 4.61. The van der Waals surface area contributed by atoms with Gasteiger partial charge in [0.15, 0.2) is 0 Å². The smallest absolute Gasteiger partial charge is 0.0737 e. The van der Waals surface area contributed by atoms with Crippen molar-refractivity contribution in [1.82, 2.24) is 4.98 Å². The van der Waals surface area contributed by atoms with Crippen molar-refractivity contribution in [3.63, 3.8) is 0 Å². The van der Waals surface area contributed by atoms with E-state index in [-0.39, 0.29) is 0 Å². The van der Waals surface area contributed by atoms with Crippen molar-refractivity contribution in [2.75, 3.05) is 0 Å². The quantitative estimate of drug-likeness (QED) is 0.720. The fourth-order valence-corrected chi connectivity index (χ4v) is 2.43. The lowest BCUT2D eigenvalue weighted by Gasteiger charge is -2.08. The van der Waals surface area contributed by atoms with E-state index >= 15 is 0 Å². The molecular weight excluding hydrogens is 206 g/mol. The van der Waals surface area contributed by atoms with Gasteiger partial charge in [-0.25, -0.2) is 0 Å². The Morgan fingerprint density at radius 1 is 1.00 bits per heavy atom. The summed E-state index contributed by atoms with van der Waals surface area (Å²) >= 11 is 0. The minimum absolute atomic E-state index is 1.11. The molecule has 0 amide bonds. The van der Waals surface area contributed by atoms with Gasteiger partial charge in [0.2, 0.25) is 0 Å². The van der Waals surface area contributed by atoms with Crippen molar-refractivity contribution in [3.05, 3.63) is 52.5 Å². The zero-order valence-electron chi connectivity index (χ0n) is 9.98. The van der Waals surface area contributed by atoms with Gasteiger partial charge in [-0.15, -0.1) is 0 Å². The first-order valence-electron chi connectivity index (χ1n) is 6.08. The average molecular weight is 221 g/mol. The number of aromatic nitrogens is 1. The molecule has 0 unspecified atom stereocenters. The van der Waals surface area contributed by atoms with Crippen LogP contribution in [0, 0.1) is 6.92 Å². The Morgan fingerprint density at radius 3 is 2.59 bits per heavy atom. The highest BCUT2D eigenvalue weighted by Gasteiger charge is 2.05. The van der Waals surface area contributed by atoms with Crippen LogP contribution in [0.25, 0.3) is 23.4 Å². The second kappa shape index (κ2) is 4.17. The molecular formula is C16H15N. The molecule has 0 radical (unpaired) electrons. The molecule has 84 valence electrons. The molecule has 0 saturated heterocycles. The van der Waals surface area contributed by atoms with Gasteiger partial charge in [0, 0.05) is 11.8 Å². The Labute approximate surface area is 101 Å². The minimum Gasteiger partial charge on any atom is -0.255 e. The maximum Gasteiger partial charge on any atom is 0.0737 e. The van der Waals surface area contributed by atoms with Crippen LogP contribution in [0.2, 0.25) is 0 Å². The third-order valence-corrected chi connectivity index (χ3v) is 3.33. The van der Waals surface area contributed by atoms with E-state index in [0.29, 0.717) is 0 Å². The Balaban J connectivity index is 2.28. The summed E-state index contributed by atoms with van der Waals surface area (Å²) < 4.78 is 0. The third-order valence-electron chi connectivity index (χ3n) is 3.33. The number of pyridine rings is 1. The first kappa shape index (κ1) is 10.3. The molecule has 0 atom stereocenters. The van der Waals surface area contributed by atoms with Gasteiger partial charge in [0.1, 0.15) is 0 Å².